The fourth-order valence-electron chi connectivity index (χ4n) is 10.2. The van der Waals surface area contributed by atoms with Crippen molar-refractivity contribution in [3.05, 3.63) is 23.8 Å². The lowest BCUT2D eigenvalue weighted by Gasteiger charge is -2.48. The minimum atomic E-state index is -1.45. The number of nitrogens with one attached hydrogen (secondary N) is 1. The molecule has 0 bridgehead atoms. The average molecular weight is 597 g/mol. The summed E-state index contributed by atoms with van der Waals surface area (Å²) in [5.41, 5.74) is -0.261. The van der Waals surface area contributed by atoms with E-state index in [1.807, 2.05) is 6.92 Å². The largest absolute Gasteiger partial charge is 0.504 e. The van der Waals surface area contributed by atoms with Gasteiger partial charge < -0.3 is 30.3 Å². The molecule has 4 aliphatic carbocycles. The minimum absolute atomic E-state index is 0.0441. The van der Waals surface area contributed by atoms with E-state index in [4.69, 9.17) is 4.74 Å². The molecule has 1 saturated heterocycles. The summed E-state index contributed by atoms with van der Waals surface area (Å²) >= 11 is 0. The molecule has 9 nitrogen and oxygen atoms in total. The summed E-state index contributed by atoms with van der Waals surface area (Å²) in [6, 6.07) is 3.28. The van der Waals surface area contributed by atoms with Gasteiger partial charge in [-0.2, -0.15) is 0 Å². The van der Waals surface area contributed by atoms with Crippen molar-refractivity contribution in [1.29, 1.82) is 0 Å². The van der Waals surface area contributed by atoms with E-state index < -0.39 is 23.6 Å². The lowest BCUT2D eigenvalue weighted by Crippen LogP contribution is -2.61. The number of nitrogens with zero attached hydrogens (tertiary/aromatic N) is 1. The van der Waals surface area contributed by atoms with Gasteiger partial charge in [-0.15, -0.1) is 0 Å². The highest BCUT2D eigenvalue weighted by Crippen LogP contribution is 2.93. The SMILES string of the molecule is CC1(C(=O)OC2CC3CCC4(C)C(C)(C)C324)CCCN1C(=O)C(NC(=O)C(O)Cc1ccc(O)c(O)c1)C1CCCCC1. The Balaban J connectivity index is 1.17. The molecule has 5 aliphatic rings. The second-order valence-electron chi connectivity index (χ2n) is 15.0. The molecule has 1 heterocycles. The monoisotopic (exact) mass is 596 g/mol. The van der Waals surface area contributed by atoms with Crippen molar-refractivity contribution < 1.29 is 34.4 Å². The first-order chi connectivity index (χ1) is 20.3. The zero-order valence-corrected chi connectivity index (χ0v) is 26.0. The number of hydrogen-bond acceptors (Lipinski definition) is 7. The van der Waals surface area contributed by atoms with Gasteiger partial charge in [0.05, 0.1) is 0 Å². The number of benzene rings is 1. The van der Waals surface area contributed by atoms with Crippen molar-refractivity contribution in [3.8, 4) is 11.5 Å². The number of likely N-dealkylation sites (tertiary alicyclic amines) is 1. The molecule has 4 saturated carbocycles. The van der Waals surface area contributed by atoms with Gasteiger partial charge in [0.1, 0.15) is 23.8 Å². The average Bonchev–Trinajstić information content (AvgIpc) is 3.22. The van der Waals surface area contributed by atoms with E-state index in [-0.39, 0.29) is 58.1 Å². The van der Waals surface area contributed by atoms with Gasteiger partial charge in [-0.25, -0.2) is 4.79 Å². The van der Waals surface area contributed by atoms with Crippen LogP contribution in [0.25, 0.3) is 0 Å². The Morgan fingerprint density at radius 3 is 2.37 bits per heavy atom. The number of phenols is 2. The summed E-state index contributed by atoms with van der Waals surface area (Å²) in [7, 11) is 0. The molecule has 2 amide bonds. The Bertz CT molecular complexity index is 1310. The number of rotatable bonds is 8. The number of ether oxygens (including phenoxy) is 1. The number of aromatic hydroxyl groups is 2. The van der Waals surface area contributed by atoms with Gasteiger partial charge in [0.15, 0.2) is 11.5 Å². The van der Waals surface area contributed by atoms with Crippen molar-refractivity contribution in [3.63, 3.8) is 0 Å². The van der Waals surface area contributed by atoms with Gasteiger partial charge in [-0.05, 0) is 92.2 Å². The first kappa shape index (κ1) is 30.2. The van der Waals surface area contributed by atoms with E-state index in [0.717, 1.165) is 38.5 Å². The number of carbonyl (C=O) groups is 3. The van der Waals surface area contributed by atoms with E-state index in [2.05, 4.69) is 26.1 Å². The van der Waals surface area contributed by atoms with Gasteiger partial charge in [0, 0.05) is 18.4 Å². The molecule has 43 heavy (non-hydrogen) atoms. The highest BCUT2D eigenvalue weighted by molar-refractivity contribution is 5.94. The van der Waals surface area contributed by atoms with E-state index in [1.165, 1.54) is 31.0 Å². The van der Waals surface area contributed by atoms with Crippen molar-refractivity contribution in [1.82, 2.24) is 10.2 Å². The van der Waals surface area contributed by atoms with Crippen molar-refractivity contribution >= 4 is 17.8 Å². The third-order valence-electron chi connectivity index (χ3n) is 13.0. The number of amides is 2. The third kappa shape index (κ3) is 4.31. The zero-order valence-electron chi connectivity index (χ0n) is 26.0. The summed E-state index contributed by atoms with van der Waals surface area (Å²) in [5.74, 6) is -1.40. The van der Waals surface area contributed by atoms with Crippen LogP contribution >= 0.6 is 0 Å². The molecule has 5 fully saturated rings. The van der Waals surface area contributed by atoms with E-state index >= 15 is 0 Å². The number of aliphatic hydroxyl groups excluding tert-OH is 1. The summed E-state index contributed by atoms with van der Waals surface area (Å²) < 4.78 is 6.34. The second-order valence-corrected chi connectivity index (χ2v) is 15.0. The Kier molecular flexibility index (Phi) is 7.30. The Hall–Kier alpha value is -2.81. The summed E-state index contributed by atoms with van der Waals surface area (Å²) in [6.07, 6.45) is 7.35. The van der Waals surface area contributed by atoms with Crippen LogP contribution in [0.15, 0.2) is 18.2 Å². The smallest absolute Gasteiger partial charge is 0.332 e. The predicted molar refractivity (Wildman–Crippen MR) is 159 cm³/mol. The number of phenolic OH excluding ortho intramolecular Hbond substituents is 2. The van der Waals surface area contributed by atoms with Crippen LogP contribution in [-0.2, 0) is 25.5 Å². The van der Waals surface area contributed by atoms with Gasteiger partial charge in [0.2, 0.25) is 11.8 Å². The van der Waals surface area contributed by atoms with Gasteiger partial charge >= 0.3 is 5.97 Å². The van der Waals surface area contributed by atoms with Gasteiger partial charge in [-0.3, -0.25) is 9.59 Å². The maximum atomic E-state index is 14.3. The van der Waals surface area contributed by atoms with Gasteiger partial charge in [-0.1, -0.05) is 46.1 Å². The van der Waals surface area contributed by atoms with E-state index in [0.29, 0.717) is 30.9 Å². The lowest BCUT2D eigenvalue weighted by molar-refractivity contribution is -0.184. The molecule has 1 spiro atoms. The second kappa shape index (κ2) is 10.4. The Morgan fingerprint density at radius 2 is 1.72 bits per heavy atom. The third-order valence-corrected chi connectivity index (χ3v) is 13.0. The van der Waals surface area contributed by atoms with Crippen LogP contribution < -0.4 is 5.32 Å². The normalized spacial score (nSPS) is 35.7. The molecule has 1 aliphatic heterocycles. The summed E-state index contributed by atoms with van der Waals surface area (Å²) in [6.45, 7) is 9.19. The van der Waals surface area contributed by atoms with E-state index in [9.17, 15) is 29.7 Å². The standard InChI is InChI=1S/C34H48N2O7/c1-31(2)33(4)15-13-22-19-26(34(22,31)33)43-30(42)32(3)14-8-16-36(32)29(41)27(21-9-6-5-7-10-21)35-28(40)25(39)18-20-11-12-23(37)24(38)17-20/h11-12,17,21-22,25-27,37-39H,5-10,13-16,18-19H2,1-4H3,(H,35,40). The lowest BCUT2D eigenvalue weighted by atomic mass is 9.63. The number of aliphatic hydroxyl groups is 1. The molecule has 9 heteroatoms. The highest BCUT2D eigenvalue weighted by Gasteiger charge is 2.91. The van der Waals surface area contributed by atoms with Crippen LogP contribution in [0.2, 0.25) is 0 Å². The van der Waals surface area contributed by atoms with Crippen molar-refractivity contribution in [2.24, 2.45) is 28.1 Å². The highest BCUT2D eigenvalue weighted by atomic mass is 16.6. The van der Waals surface area contributed by atoms with Crippen LogP contribution in [0.4, 0.5) is 0 Å². The number of esters is 1. The minimum Gasteiger partial charge on any atom is -0.504 e. The Labute approximate surface area is 254 Å². The zero-order chi connectivity index (χ0) is 30.9. The quantitative estimate of drug-likeness (QED) is 0.261. The maximum absolute atomic E-state index is 14.3. The molecular weight excluding hydrogens is 548 g/mol. The van der Waals surface area contributed by atoms with E-state index in [1.54, 1.807) is 4.90 Å². The van der Waals surface area contributed by atoms with Crippen molar-refractivity contribution in [2.45, 2.75) is 122 Å². The molecular formula is C34H48N2O7. The van der Waals surface area contributed by atoms with Crippen LogP contribution in [0.5, 0.6) is 11.5 Å². The molecule has 236 valence electrons. The first-order valence-electron chi connectivity index (χ1n) is 16.3. The topological polar surface area (TPSA) is 136 Å². The molecule has 7 unspecified atom stereocenters. The molecule has 0 aromatic heterocycles. The van der Waals surface area contributed by atoms with Crippen LogP contribution in [-0.4, -0.2) is 68.3 Å². The first-order valence-corrected chi connectivity index (χ1v) is 16.3. The molecule has 6 rings (SSSR count). The fourth-order valence-corrected chi connectivity index (χ4v) is 10.2. The van der Waals surface area contributed by atoms with Crippen LogP contribution in [0.1, 0.15) is 97.5 Å². The predicted octanol–water partition coefficient (Wildman–Crippen LogP) is 4.21. The summed E-state index contributed by atoms with van der Waals surface area (Å²) in [5, 5.41) is 33.0. The number of hydrogen-bond donors (Lipinski definition) is 4. The molecule has 1 aromatic rings. The number of carbonyl (C=O) groups excluding carboxylic acids is 3. The molecule has 4 N–H and O–H groups in total. The molecule has 7 atom stereocenters. The summed E-state index contributed by atoms with van der Waals surface area (Å²) in [4.78, 5) is 43.2. The van der Waals surface area contributed by atoms with Crippen LogP contribution in [0, 0.1) is 28.1 Å². The fraction of sp³-hybridized carbons (Fsp3) is 0.735. The van der Waals surface area contributed by atoms with Crippen molar-refractivity contribution in [2.75, 3.05) is 6.54 Å². The van der Waals surface area contributed by atoms with Gasteiger partial charge in [0.25, 0.3) is 0 Å². The molecule has 0 radical (unpaired) electrons. The Morgan fingerprint density at radius 1 is 1.00 bits per heavy atom. The molecule has 1 aromatic carbocycles. The van der Waals surface area contributed by atoms with Crippen LogP contribution in [0.3, 0.4) is 0 Å². The maximum Gasteiger partial charge on any atom is 0.332 e.